The van der Waals surface area contributed by atoms with E-state index in [0.717, 1.165) is 25.0 Å². The maximum Gasteiger partial charge on any atom is 0.0163 e. The van der Waals surface area contributed by atoms with Gasteiger partial charge in [0.15, 0.2) is 0 Å². The van der Waals surface area contributed by atoms with Crippen LogP contribution in [-0.4, -0.2) is 29.9 Å². The predicted octanol–water partition coefficient (Wildman–Crippen LogP) is 2.45. The van der Waals surface area contributed by atoms with Crippen LogP contribution in [0.3, 0.4) is 0 Å². The molecule has 64 valence electrons. The van der Waals surface area contributed by atoms with Crippen LogP contribution in [0.5, 0.6) is 0 Å². The minimum absolute atomic E-state index is 0.957. The molecule has 0 amide bonds. The molecule has 0 aromatic carbocycles. The molecule has 0 aliphatic rings. The topological polar surface area (TPSA) is 3.24 Å². The van der Waals surface area contributed by atoms with Gasteiger partial charge < -0.3 is 0 Å². The molecule has 0 aromatic rings. The van der Waals surface area contributed by atoms with Crippen LogP contribution in [0.2, 0.25) is 0 Å². The third-order valence-corrected chi connectivity index (χ3v) is 1.94. The van der Waals surface area contributed by atoms with E-state index in [1.165, 1.54) is 6.42 Å². The predicted molar refractivity (Wildman–Crippen MR) is 55.2 cm³/mol. The first-order valence-corrected chi connectivity index (χ1v) is 4.97. The lowest BCUT2D eigenvalue weighted by molar-refractivity contribution is 0.337. The molecule has 0 rings (SSSR count). The smallest absolute Gasteiger partial charge is 0.0163 e. The quantitative estimate of drug-likeness (QED) is 0.468. The Balaban J connectivity index is 3.49. The maximum atomic E-state index is 3.70. The van der Waals surface area contributed by atoms with E-state index in [-0.39, 0.29) is 0 Å². The molecule has 0 aromatic heterocycles. The summed E-state index contributed by atoms with van der Waals surface area (Å²) in [7, 11) is 0. The molecule has 0 N–H and O–H groups in total. The molecule has 0 aliphatic carbocycles. The summed E-state index contributed by atoms with van der Waals surface area (Å²) in [5.74, 6) is 0. The van der Waals surface area contributed by atoms with Crippen molar-refractivity contribution in [3.8, 4) is 0 Å². The van der Waals surface area contributed by atoms with Crippen LogP contribution in [0.4, 0.5) is 0 Å². The summed E-state index contributed by atoms with van der Waals surface area (Å²) >= 11 is 3.40. The van der Waals surface area contributed by atoms with Crippen LogP contribution in [0.25, 0.3) is 0 Å². The Morgan fingerprint density at radius 2 is 1.73 bits per heavy atom. The average Bonchev–Trinajstić information content (AvgIpc) is 2.01. The Morgan fingerprint density at radius 1 is 1.18 bits per heavy atom. The van der Waals surface area contributed by atoms with E-state index >= 15 is 0 Å². The highest BCUT2D eigenvalue weighted by Gasteiger charge is 1.97. The normalized spacial score (nSPS) is 10.0. The Hall–Kier alpha value is -0.0800. The molecule has 0 fully saturated rings. The number of hydrogen-bond acceptors (Lipinski definition) is 1. The lowest BCUT2D eigenvalue weighted by Gasteiger charge is -2.17. The van der Waals surface area contributed by atoms with Crippen molar-refractivity contribution in [3.05, 3.63) is 25.3 Å². The lowest BCUT2D eigenvalue weighted by atomic mass is 10.4. The van der Waals surface area contributed by atoms with Gasteiger partial charge in [-0.05, 0) is 13.0 Å². The number of hydrogen-bond donors (Lipinski definition) is 0. The molecule has 0 radical (unpaired) electrons. The highest BCUT2D eigenvalue weighted by atomic mass is 79.9. The van der Waals surface area contributed by atoms with E-state index in [1.54, 1.807) is 0 Å². The van der Waals surface area contributed by atoms with Crippen molar-refractivity contribution in [2.24, 2.45) is 0 Å². The number of rotatable bonds is 7. The van der Waals surface area contributed by atoms with Gasteiger partial charge in [0.25, 0.3) is 0 Å². The van der Waals surface area contributed by atoms with E-state index in [1.807, 2.05) is 12.2 Å². The van der Waals surface area contributed by atoms with Crippen molar-refractivity contribution in [2.75, 3.05) is 25.0 Å². The summed E-state index contributed by atoms with van der Waals surface area (Å²) in [5.41, 5.74) is 0. The van der Waals surface area contributed by atoms with Gasteiger partial charge in [-0.2, -0.15) is 0 Å². The second kappa shape index (κ2) is 8.02. The molecule has 0 saturated heterocycles. The molecule has 0 unspecified atom stereocenters. The van der Waals surface area contributed by atoms with Crippen LogP contribution in [-0.2, 0) is 0 Å². The number of nitrogens with zero attached hydrogens (tertiary/aromatic N) is 1. The van der Waals surface area contributed by atoms with Gasteiger partial charge in [-0.1, -0.05) is 28.1 Å². The molecule has 0 bridgehead atoms. The summed E-state index contributed by atoms with van der Waals surface area (Å²) < 4.78 is 0. The molecule has 0 heterocycles. The van der Waals surface area contributed by atoms with E-state index in [9.17, 15) is 0 Å². The van der Waals surface area contributed by atoms with Gasteiger partial charge in [0.2, 0.25) is 0 Å². The summed E-state index contributed by atoms with van der Waals surface area (Å²) in [5, 5.41) is 1.07. The zero-order chi connectivity index (χ0) is 8.53. The molecular weight excluding hydrogens is 202 g/mol. The highest BCUT2D eigenvalue weighted by Crippen LogP contribution is 1.94. The van der Waals surface area contributed by atoms with Crippen LogP contribution in [0.1, 0.15) is 6.42 Å². The second-order valence-corrected chi connectivity index (χ2v) is 3.17. The lowest BCUT2D eigenvalue weighted by Crippen LogP contribution is -2.25. The van der Waals surface area contributed by atoms with Crippen molar-refractivity contribution in [2.45, 2.75) is 6.42 Å². The second-order valence-electron chi connectivity index (χ2n) is 2.38. The number of halogens is 1. The first-order valence-electron chi connectivity index (χ1n) is 3.85. The van der Waals surface area contributed by atoms with Gasteiger partial charge in [0, 0.05) is 18.4 Å². The van der Waals surface area contributed by atoms with Gasteiger partial charge in [-0.25, -0.2) is 0 Å². The molecule has 0 spiro atoms. The summed E-state index contributed by atoms with van der Waals surface area (Å²) in [4.78, 5) is 2.31. The van der Waals surface area contributed by atoms with Gasteiger partial charge in [-0.3, -0.25) is 4.90 Å². The maximum absolute atomic E-state index is 3.70. The molecule has 11 heavy (non-hydrogen) atoms. The largest absolute Gasteiger partial charge is 0.296 e. The first-order chi connectivity index (χ1) is 5.35. The van der Waals surface area contributed by atoms with Crippen molar-refractivity contribution in [3.63, 3.8) is 0 Å². The van der Waals surface area contributed by atoms with Crippen molar-refractivity contribution in [1.29, 1.82) is 0 Å². The standard InChI is InChI=1S/C9H16BrN/c1-3-7-11(8-4-2)9-5-6-10/h3-4H,1-2,5-9H2. The third-order valence-electron chi connectivity index (χ3n) is 1.38. The molecule has 0 aliphatic heterocycles. The van der Waals surface area contributed by atoms with Gasteiger partial charge >= 0.3 is 0 Å². The number of alkyl halides is 1. The van der Waals surface area contributed by atoms with E-state index in [0.29, 0.717) is 0 Å². The Labute approximate surface area is 77.9 Å². The highest BCUT2D eigenvalue weighted by molar-refractivity contribution is 9.09. The van der Waals surface area contributed by atoms with Gasteiger partial charge in [0.05, 0.1) is 0 Å². The van der Waals surface area contributed by atoms with Crippen molar-refractivity contribution in [1.82, 2.24) is 4.90 Å². The van der Waals surface area contributed by atoms with Crippen molar-refractivity contribution >= 4 is 15.9 Å². The zero-order valence-electron chi connectivity index (χ0n) is 6.93. The van der Waals surface area contributed by atoms with E-state index < -0.39 is 0 Å². The monoisotopic (exact) mass is 217 g/mol. The summed E-state index contributed by atoms with van der Waals surface area (Å²) in [6, 6.07) is 0. The Morgan fingerprint density at radius 3 is 2.09 bits per heavy atom. The molecular formula is C9H16BrN. The van der Waals surface area contributed by atoms with Crippen molar-refractivity contribution < 1.29 is 0 Å². The minimum Gasteiger partial charge on any atom is -0.296 e. The third kappa shape index (κ3) is 6.32. The SMILES string of the molecule is C=CCN(CC=C)CCCBr. The molecule has 0 atom stereocenters. The van der Waals surface area contributed by atoms with Crippen LogP contribution in [0, 0.1) is 0 Å². The Kier molecular flexibility index (Phi) is 7.96. The molecule has 2 heteroatoms. The first kappa shape index (κ1) is 10.9. The van der Waals surface area contributed by atoms with Crippen LogP contribution < -0.4 is 0 Å². The summed E-state index contributed by atoms with van der Waals surface area (Å²) in [6.45, 7) is 10.4. The molecule has 0 saturated carbocycles. The Bertz CT molecular complexity index is 102. The van der Waals surface area contributed by atoms with Gasteiger partial charge in [0.1, 0.15) is 0 Å². The molecule has 1 nitrogen and oxygen atoms in total. The van der Waals surface area contributed by atoms with Crippen LogP contribution in [0.15, 0.2) is 25.3 Å². The summed E-state index contributed by atoms with van der Waals surface area (Å²) in [6.07, 6.45) is 5.04. The fourth-order valence-corrected chi connectivity index (χ4v) is 1.16. The fourth-order valence-electron chi connectivity index (χ4n) is 0.906. The van der Waals surface area contributed by atoms with Gasteiger partial charge in [-0.15, -0.1) is 13.2 Å². The minimum atomic E-state index is 0.957. The zero-order valence-corrected chi connectivity index (χ0v) is 8.52. The van der Waals surface area contributed by atoms with E-state index in [2.05, 4.69) is 34.0 Å². The fraction of sp³-hybridized carbons (Fsp3) is 0.556. The average molecular weight is 218 g/mol. The van der Waals surface area contributed by atoms with E-state index in [4.69, 9.17) is 0 Å². The van der Waals surface area contributed by atoms with Crippen LogP contribution >= 0.6 is 15.9 Å².